The molecule has 3 aromatic carbocycles. The first-order chi connectivity index (χ1) is 8.27. The molecule has 0 radical (unpaired) electrons. The van der Waals surface area contributed by atoms with E-state index in [4.69, 9.17) is 0 Å². The molecule has 0 spiro atoms. The standard InChI is InChI=1S/C16H15N/c1-17(2)16-11-12-7-3-4-8-13(12)14-9-5-6-10-15(14)16/h3-11H,1-2H3. The third kappa shape index (κ3) is 1.55. The molecule has 0 saturated heterocycles. The first-order valence-electron chi connectivity index (χ1n) is 5.85. The van der Waals surface area contributed by atoms with Crippen LogP contribution in [0.15, 0.2) is 54.6 Å². The lowest BCUT2D eigenvalue weighted by Gasteiger charge is -2.17. The largest absolute Gasteiger partial charge is 0.377 e. The minimum Gasteiger partial charge on any atom is -0.377 e. The van der Waals surface area contributed by atoms with Gasteiger partial charge in [-0.3, -0.25) is 0 Å². The van der Waals surface area contributed by atoms with E-state index in [-0.39, 0.29) is 0 Å². The fourth-order valence-corrected chi connectivity index (χ4v) is 2.40. The summed E-state index contributed by atoms with van der Waals surface area (Å²) in [6, 6.07) is 19.4. The van der Waals surface area contributed by atoms with Crippen LogP contribution < -0.4 is 4.90 Å². The van der Waals surface area contributed by atoms with Crippen molar-refractivity contribution in [2.24, 2.45) is 0 Å². The number of hydrogen-bond donors (Lipinski definition) is 0. The van der Waals surface area contributed by atoms with Crippen LogP contribution in [-0.2, 0) is 0 Å². The minimum absolute atomic E-state index is 1.28. The van der Waals surface area contributed by atoms with Gasteiger partial charge in [0.15, 0.2) is 0 Å². The highest BCUT2D eigenvalue weighted by molar-refractivity contribution is 6.12. The second-order valence-corrected chi connectivity index (χ2v) is 4.56. The highest BCUT2D eigenvalue weighted by atomic mass is 15.1. The summed E-state index contributed by atoms with van der Waals surface area (Å²) >= 11 is 0. The number of rotatable bonds is 1. The second kappa shape index (κ2) is 3.77. The maximum absolute atomic E-state index is 2.26. The third-order valence-electron chi connectivity index (χ3n) is 3.23. The number of anilines is 1. The molecule has 0 aliphatic carbocycles. The van der Waals surface area contributed by atoms with E-state index in [0.717, 1.165) is 0 Å². The summed E-state index contributed by atoms with van der Waals surface area (Å²) < 4.78 is 0. The zero-order valence-electron chi connectivity index (χ0n) is 10.1. The molecule has 17 heavy (non-hydrogen) atoms. The minimum atomic E-state index is 1.28. The molecule has 0 heterocycles. The summed E-state index contributed by atoms with van der Waals surface area (Å²) in [5.74, 6) is 0. The predicted molar refractivity (Wildman–Crippen MR) is 75.8 cm³/mol. The van der Waals surface area contributed by atoms with Crippen LogP contribution in [0, 0.1) is 0 Å². The average Bonchev–Trinajstić information content (AvgIpc) is 2.37. The van der Waals surface area contributed by atoms with Crippen molar-refractivity contribution in [2.75, 3.05) is 19.0 Å². The SMILES string of the molecule is CN(C)c1cc2ccccc2c2ccccc12. The van der Waals surface area contributed by atoms with Crippen LogP contribution >= 0.6 is 0 Å². The van der Waals surface area contributed by atoms with Gasteiger partial charge in [-0.25, -0.2) is 0 Å². The van der Waals surface area contributed by atoms with E-state index in [0.29, 0.717) is 0 Å². The number of hydrogen-bond acceptors (Lipinski definition) is 1. The van der Waals surface area contributed by atoms with Crippen molar-refractivity contribution < 1.29 is 0 Å². The van der Waals surface area contributed by atoms with Gasteiger partial charge >= 0.3 is 0 Å². The molecule has 0 atom stereocenters. The van der Waals surface area contributed by atoms with Crippen molar-refractivity contribution in [3.63, 3.8) is 0 Å². The Hall–Kier alpha value is -2.02. The summed E-state index contributed by atoms with van der Waals surface area (Å²) in [6.45, 7) is 0. The van der Waals surface area contributed by atoms with Gasteiger partial charge in [0, 0.05) is 25.2 Å². The molecule has 3 aromatic rings. The molecular weight excluding hydrogens is 206 g/mol. The molecule has 0 unspecified atom stereocenters. The maximum atomic E-state index is 2.26. The van der Waals surface area contributed by atoms with E-state index < -0.39 is 0 Å². The van der Waals surface area contributed by atoms with Gasteiger partial charge in [-0.05, 0) is 22.2 Å². The molecule has 0 saturated carbocycles. The van der Waals surface area contributed by atoms with Crippen molar-refractivity contribution in [2.45, 2.75) is 0 Å². The molecular formula is C16H15N. The molecule has 0 aliphatic heterocycles. The van der Waals surface area contributed by atoms with Crippen molar-refractivity contribution in [1.29, 1.82) is 0 Å². The van der Waals surface area contributed by atoms with Gasteiger partial charge in [-0.15, -0.1) is 0 Å². The molecule has 0 N–H and O–H groups in total. The summed E-state index contributed by atoms with van der Waals surface area (Å²) in [5, 5.41) is 5.27. The molecule has 0 bridgehead atoms. The Morgan fingerprint density at radius 2 is 1.29 bits per heavy atom. The molecule has 1 nitrogen and oxygen atoms in total. The van der Waals surface area contributed by atoms with E-state index in [2.05, 4.69) is 73.6 Å². The van der Waals surface area contributed by atoms with E-state index in [1.54, 1.807) is 0 Å². The van der Waals surface area contributed by atoms with Gasteiger partial charge in [0.1, 0.15) is 0 Å². The molecule has 0 amide bonds. The monoisotopic (exact) mass is 221 g/mol. The van der Waals surface area contributed by atoms with Crippen LogP contribution in [0.25, 0.3) is 21.5 Å². The van der Waals surface area contributed by atoms with Crippen LogP contribution in [0.1, 0.15) is 0 Å². The molecule has 0 fully saturated rings. The molecule has 1 heteroatoms. The fourth-order valence-electron chi connectivity index (χ4n) is 2.40. The Morgan fingerprint density at radius 1 is 0.706 bits per heavy atom. The van der Waals surface area contributed by atoms with Crippen molar-refractivity contribution in [1.82, 2.24) is 0 Å². The lowest BCUT2D eigenvalue weighted by atomic mass is 10.00. The molecule has 0 aliphatic rings. The van der Waals surface area contributed by atoms with Crippen molar-refractivity contribution >= 4 is 27.2 Å². The van der Waals surface area contributed by atoms with Crippen LogP contribution in [0.5, 0.6) is 0 Å². The zero-order chi connectivity index (χ0) is 11.8. The highest BCUT2D eigenvalue weighted by Gasteiger charge is 2.06. The Labute approximate surface area is 101 Å². The normalized spacial score (nSPS) is 10.9. The summed E-state index contributed by atoms with van der Waals surface area (Å²) in [6.07, 6.45) is 0. The first-order valence-corrected chi connectivity index (χ1v) is 5.85. The number of nitrogens with zero attached hydrogens (tertiary/aromatic N) is 1. The van der Waals surface area contributed by atoms with E-state index in [1.165, 1.54) is 27.2 Å². The van der Waals surface area contributed by atoms with Gasteiger partial charge in [0.05, 0.1) is 0 Å². The van der Waals surface area contributed by atoms with Crippen LogP contribution in [0.2, 0.25) is 0 Å². The Morgan fingerprint density at radius 3 is 2.00 bits per heavy atom. The van der Waals surface area contributed by atoms with Crippen LogP contribution in [0.3, 0.4) is 0 Å². The fraction of sp³-hybridized carbons (Fsp3) is 0.125. The van der Waals surface area contributed by atoms with Gasteiger partial charge in [-0.1, -0.05) is 48.5 Å². The molecule has 84 valence electrons. The quantitative estimate of drug-likeness (QED) is 0.560. The van der Waals surface area contributed by atoms with E-state index in [1.807, 2.05) is 0 Å². The Bertz CT molecular complexity index is 683. The maximum Gasteiger partial charge on any atom is 0.0447 e. The summed E-state index contributed by atoms with van der Waals surface area (Å²) in [4.78, 5) is 2.18. The Balaban J connectivity index is 2.55. The topological polar surface area (TPSA) is 3.24 Å². The smallest absolute Gasteiger partial charge is 0.0447 e. The predicted octanol–water partition coefficient (Wildman–Crippen LogP) is 4.06. The van der Waals surface area contributed by atoms with Gasteiger partial charge in [0.25, 0.3) is 0 Å². The zero-order valence-corrected chi connectivity index (χ0v) is 10.1. The highest BCUT2D eigenvalue weighted by Crippen LogP contribution is 2.32. The lowest BCUT2D eigenvalue weighted by molar-refractivity contribution is 1.14. The second-order valence-electron chi connectivity index (χ2n) is 4.56. The summed E-state index contributed by atoms with van der Waals surface area (Å²) in [7, 11) is 4.19. The van der Waals surface area contributed by atoms with Crippen molar-refractivity contribution in [3.8, 4) is 0 Å². The van der Waals surface area contributed by atoms with Gasteiger partial charge < -0.3 is 4.90 Å². The summed E-state index contributed by atoms with van der Waals surface area (Å²) in [5.41, 5.74) is 1.28. The third-order valence-corrected chi connectivity index (χ3v) is 3.23. The van der Waals surface area contributed by atoms with Crippen molar-refractivity contribution in [3.05, 3.63) is 54.6 Å². The number of fused-ring (bicyclic) bond motifs is 3. The molecule has 0 aromatic heterocycles. The molecule has 3 rings (SSSR count). The van der Waals surface area contributed by atoms with Gasteiger partial charge in [-0.2, -0.15) is 0 Å². The van der Waals surface area contributed by atoms with Crippen LogP contribution in [0.4, 0.5) is 5.69 Å². The van der Waals surface area contributed by atoms with E-state index in [9.17, 15) is 0 Å². The lowest BCUT2D eigenvalue weighted by Crippen LogP contribution is -2.09. The Kier molecular flexibility index (Phi) is 2.25. The average molecular weight is 221 g/mol. The van der Waals surface area contributed by atoms with Crippen LogP contribution in [-0.4, -0.2) is 14.1 Å². The number of benzene rings is 3. The van der Waals surface area contributed by atoms with E-state index >= 15 is 0 Å². The van der Waals surface area contributed by atoms with Gasteiger partial charge in [0.2, 0.25) is 0 Å². The first kappa shape index (κ1) is 10.2.